The van der Waals surface area contributed by atoms with Gasteiger partial charge in [-0.2, -0.15) is 0 Å². The fraction of sp³-hybridized carbons (Fsp3) is 0.533. The molecule has 3 heteroatoms. The van der Waals surface area contributed by atoms with Crippen molar-refractivity contribution < 1.29 is 9.90 Å². The second-order valence-corrected chi connectivity index (χ2v) is 6.09. The van der Waals surface area contributed by atoms with E-state index in [2.05, 4.69) is 48.0 Å². The van der Waals surface area contributed by atoms with Crippen LogP contribution in [0.1, 0.15) is 43.2 Å². The van der Waals surface area contributed by atoms with Crippen molar-refractivity contribution in [1.82, 2.24) is 0 Å². The number of carboxylic acids is 1. The molecule has 0 heterocycles. The van der Waals surface area contributed by atoms with Gasteiger partial charge in [-0.1, -0.05) is 35.0 Å². The Hall–Kier alpha value is -0.830. The van der Waals surface area contributed by atoms with Gasteiger partial charge in [0.25, 0.3) is 0 Å². The van der Waals surface area contributed by atoms with Crippen molar-refractivity contribution >= 4 is 21.9 Å². The van der Waals surface area contributed by atoms with Crippen molar-refractivity contribution in [2.75, 3.05) is 0 Å². The van der Waals surface area contributed by atoms with E-state index >= 15 is 0 Å². The minimum Gasteiger partial charge on any atom is -0.481 e. The van der Waals surface area contributed by atoms with Crippen LogP contribution in [0.4, 0.5) is 0 Å². The molecule has 1 aliphatic carbocycles. The standard InChI is InChI=1S/C15H19BrO2/c1-3-10(7-11-8-13(11)15(17)18)12-5-4-6-14(16)9(12)2/h4-6,10-11,13H,3,7-8H2,1-2H3,(H,17,18). The van der Waals surface area contributed by atoms with E-state index in [0.717, 1.165) is 23.7 Å². The summed E-state index contributed by atoms with van der Waals surface area (Å²) in [7, 11) is 0. The van der Waals surface area contributed by atoms with E-state index in [1.807, 2.05) is 0 Å². The molecule has 0 radical (unpaired) electrons. The zero-order chi connectivity index (χ0) is 13.3. The SMILES string of the molecule is CCC(CC1CC1C(=O)O)c1cccc(Br)c1C. The van der Waals surface area contributed by atoms with E-state index < -0.39 is 5.97 Å². The number of benzene rings is 1. The minimum absolute atomic E-state index is 0.0912. The third-order valence-corrected chi connectivity index (χ3v) is 4.93. The average Bonchev–Trinajstić information content (AvgIpc) is 3.09. The van der Waals surface area contributed by atoms with Crippen LogP contribution in [0.3, 0.4) is 0 Å². The highest BCUT2D eigenvalue weighted by atomic mass is 79.9. The van der Waals surface area contributed by atoms with E-state index in [1.165, 1.54) is 11.1 Å². The lowest BCUT2D eigenvalue weighted by Crippen LogP contribution is -2.05. The largest absolute Gasteiger partial charge is 0.481 e. The molecule has 0 aromatic heterocycles. The summed E-state index contributed by atoms with van der Waals surface area (Å²) >= 11 is 3.57. The van der Waals surface area contributed by atoms with Crippen molar-refractivity contribution in [3.63, 3.8) is 0 Å². The topological polar surface area (TPSA) is 37.3 Å². The number of rotatable bonds is 5. The van der Waals surface area contributed by atoms with Crippen LogP contribution in [0.25, 0.3) is 0 Å². The monoisotopic (exact) mass is 310 g/mol. The zero-order valence-corrected chi connectivity index (χ0v) is 12.4. The molecule has 0 saturated heterocycles. The summed E-state index contributed by atoms with van der Waals surface area (Å²) in [5.41, 5.74) is 2.65. The number of aliphatic carboxylic acids is 1. The molecule has 2 rings (SSSR count). The molecule has 1 aliphatic rings. The van der Waals surface area contributed by atoms with Crippen molar-refractivity contribution in [1.29, 1.82) is 0 Å². The molecule has 1 N–H and O–H groups in total. The molecule has 1 fully saturated rings. The first-order chi connectivity index (χ1) is 8.54. The smallest absolute Gasteiger partial charge is 0.306 e. The normalized spacial score (nSPS) is 23.7. The lowest BCUT2D eigenvalue weighted by molar-refractivity contribution is -0.138. The molecule has 3 unspecified atom stereocenters. The third-order valence-electron chi connectivity index (χ3n) is 4.07. The van der Waals surface area contributed by atoms with Gasteiger partial charge in [0.2, 0.25) is 0 Å². The summed E-state index contributed by atoms with van der Waals surface area (Å²) < 4.78 is 1.14. The van der Waals surface area contributed by atoms with Crippen molar-refractivity contribution in [2.45, 2.75) is 39.0 Å². The molecule has 1 aromatic carbocycles. The molecule has 3 atom stereocenters. The predicted octanol–water partition coefficient (Wildman–Crippen LogP) is 4.36. The number of carboxylic acid groups (broad SMARTS) is 1. The Morgan fingerprint density at radius 1 is 1.56 bits per heavy atom. The van der Waals surface area contributed by atoms with Gasteiger partial charge in [-0.25, -0.2) is 0 Å². The lowest BCUT2D eigenvalue weighted by atomic mass is 9.88. The first-order valence-corrected chi connectivity index (χ1v) is 7.31. The van der Waals surface area contributed by atoms with Gasteiger partial charge in [0.05, 0.1) is 5.92 Å². The first-order valence-electron chi connectivity index (χ1n) is 6.52. The van der Waals surface area contributed by atoms with Crippen LogP contribution in [0.5, 0.6) is 0 Å². The van der Waals surface area contributed by atoms with Crippen LogP contribution >= 0.6 is 15.9 Å². The van der Waals surface area contributed by atoms with E-state index in [-0.39, 0.29) is 5.92 Å². The molecule has 1 saturated carbocycles. The fourth-order valence-electron chi connectivity index (χ4n) is 2.76. The fourth-order valence-corrected chi connectivity index (χ4v) is 3.14. The zero-order valence-electron chi connectivity index (χ0n) is 10.8. The summed E-state index contributed by atoms with van der Waals surface area (Å²) in [6.45, 7) is 4.31. The van der Waals surface area contributed by atoms with Gasteiger partial charge in [-0.15, -0.1) is 0 Å². The van der Waals surface area contributed by atoms with Gasteiger partial charge in [-0.3, -0.25) is 4.79 Å². The molecule has 2 nitrogen and oxygen atoms in total. The second kappa shape index (κ2) is 5.43. The van der Waals surface area contributed by atoms with E-state index in [0.29, 0.717) is 11.8 Å². The number of halogens is 1. The summed E-state index contributed by atoms with van der Waals surface area (Å²) in [4.78, 5) is 10.9. The van der Waals surface area contributed by atoms with E-state index in [1.54, 1.807) is 0 Å². The van der Waals surface area contributed by atoms with Crippen molar-refractivity contribution in [3.8, 4) is 0 Å². The van der Waals surface area contributed by atoms with Crippen molar-refractivity contribution in [2.24, 2.45) is 11.8 Å². The summed E-state index contributed by atoms with van der Waals surface area (Å²) in [6, 6.07) is 6.30. The molecule has 0 aliphatic heterocycles. The van der Waals surface area contributed by atoms with Gasteiger partial charge >= 0.3 is 5.97 Å². The molecular weight excluding hydrogens is 292 g/mol. The van der Waals surface area contributed by atoms with Crippen molar-refractivity contribution in [3.05, 3.63) is 33.8 Å². The Morgan fingerprint density at radius 3 is 2.83 bits per heavy atom. The van der Waals surface area contributed by atoms with Crippen LogP contribution in [0.15, 0.2) is 22.7 Å². The van der Waals surface area contributed by atoms with Gasteiger partial charge in [-0.05, 0) is 55.2 Å². The second-order valence-electron chi connectivity index (χ2n) is 5.24. The van der Waals surface area contributed by atoms with E-state index in [4.69, 9.17) is 5.11 Å². The highest BCUT2D eigenvalue weighted by molar-refractivity contribution is 9.10. The lowest BCUT2D eigenvalue weighted by Gasteiger charge is -2.18. The van der Waals surface area contributed by atoms with Crippen LogP contribution in [0.2, 0.25) is 0 Å². The summed E-state index contributed by atoms with van der Waals surface area (Å²) in [6.07, 6.45) is 2.93. The maximum absolute atomic E-state index is 10.9. The van der Waals surface area contributed by atoms with Crippen LogP contribution in [-0.2, 0) is 4.79 Å². The predicted molar refractivity (Wildman–Crippen MR) is 75.8 cm³/mol. The number of carbonyl (C=O) groups is 1. The number of hydrogen-bond donors (Lipinski definition) is 1. The Balaban J connectivity index is 2.10. The average molecular weight is 311 g/mol. The Labute approximate surface area is 117 Å². The van der Waals surface area contributed by atoms with Crippen LogP contribution < -0.4 is 0 Å². The molecule has 1 aromatic rings. The van der Waals surface area contributed by atoms with Gasteiger partial charge < -0.3 is 5.11 Å². The molecule has 98 valence electrons. The quantitative estimate of drug-likeness (QED) is 0.877. The summed E-state index contributed by atoms with van der Waals surface area (Å²) in [5, 5.41) is 8.97. The van der Waals surface area contributed by atoms with E-state index in [9.17, 15) is 4.79 Å². The maximum atomic E-state index is 10.9. The molecular formula is C15H19BrO2. The molecule has 0 bridgehead atoms. The molecule has 0 spiro atoms. The highest BCUT2D eigenvalue weighted by Crippen LogP contribution is 2.46. The van der Waals surface area contributed by atoms with Gasteiger partial charge in [0.1, 0.15) is 0 Å². The van der Waals surface area contributed by atoms with Gasteiger partial charge in [0, 0.05) is 4.47 Å². The molecule has 18 heavy (non-hydrogen) atoms. The molecule has 0 amide bonds. The first kappa shape index (κ1) is 13.6. The maximum Gasteiger partial charge on any atom is 0.306 e. The Kier molecular flexibility index (Phi) is 4.10. The highest BCUT2D eigenvalue weighted by Gasteiger charge is 2.43. The Morgan fingerprint density at radius 2 is 2.28 bits per heavy atom. The van der Waals surface area contributed by atoms with Crippen LogP contribution in [-0.4, -0.2) is 11.1 Å². The van der Waals surface area contributed by atoms with Gasteiger partial charge in [0.15, 0.2) is 0 Å². The number of hydrogen-bond acceptors (Lipinski definition) is 1. The third kappa shape index (κ3) is 2.77. The summed E-state index contributed by atoms with van der Waals surface area (Å²) in [5.74, 6) is 0.148. The van der Waals surface area contributed by atoms with Crippen LogP contribution in [0, 0.1) is 18.8 Å². The Bertz CT molecular complexity index is 456. The minimum atomic E-state index is -0.624.